The molecule has 0 unspecified atom stereocenters. The van der Waals surface area contributed by atoms with Gasteiger partial charge >= 0.3 is 5.97 Å². The predicted molar refractivity (Wildman–Crippen MR) is 69.6 cm³/mol. The number of carbonyl (C=O) groups excluding carboxylic acids is 1. The van der Waals surface area contributed by atoms with E-state index in [0.717, 1.165) is 12.3 Å². The average molecular weight is 249 g/mol. The van der Waals surface area contributed by atoms with Gasteiger partial charge < -0.3 is 15.2 Å². The Labute approximate surface area is 107 Å². The zero-order valence-electron chi connectivity index (χ0n) is 10.6. The van der Waals surface area contributed by atoms with Crippen molar-refractivity contribution in [1.82, 2.24) is 0 Å². The Morgan fingerprint density at radius 2 is 2.22 bits per heavy atom. The summed E-state index contributed by atoms with van der Waals surface area (Å²) in [5.41, 5.74) is 6.80. The first-order chi connectivity index (χ1) is 8.70. The first kappa shape index (κ1) is 12.7. The minimum Gasteiger partial charge on any atom is -0.491 e. The van der Waals surface area contributed by atoms with E-state index in [-0.39, 0.29) is 5.97 Å². The minimum absolute atomic E-state index is 0.353. The lowest BCUT2D eigenvalue weighted by Gasteiger charge is -2.09. The van der Waals surface area contributed by atoms with Crippen LogP contribution in [-0.2, 0) is 4.74 Å². The molecule has 0 aliphatic heterocycles. The monoisotopic (exact) mass is 249 g/mol. The Morgan fingerprint density at radius 1 is 1.44 bits per heavy atom. The fourth-order valence-corrected chi connectivity index (χ4v) is 1.76. The average Bonchev–Trinajstić information content (AvgIpc) is 3.15. The summed E-state index contributed by atoms with van der Waals surface area (Å²) in [7, 11) is 0. The fraction of sp³-hybridized carbons (Fsp3) is 0.500. The number of rotatable bonds is 6. The summed E-state index contributed by atoms with van der Waals surface area (Å²) in [6, 6.07) is 5.01. The third kappa shape index (κ3) is 3.39. The SMILES string of the molecule is CCOC(=O)c1ccc(OCCC2CC2)c(N)c1. The van der Waals surface area contributed by atoms with Crippen molar-refractivity contribution in [3.05, 3.63) is 23.8 Å². The number of anilines is 1. The van der Waals surface area contributed by atoms with Gasteiger partial charge in [-0.3, -0.25) is 0 Å². The molecule has 18 heavy (non-hydrogen) atoms. The Morgan fingerprint density at radius 3 is 2.83 bits per heavy atom. The van der Waals surface area contributed by atoms with E-state index >= 15 is 0 Å². The first-order valence-electron chi connectivity index (χ1n) is 6.40. The molecule has 98 valence electrons. The van der Waals surface area contributed by atoms with Gasteiger partial charge in [0.2, 0.25) is 0 Å². The van der Waals surface area contributed by atoms with E-state index in [9.17, 15) is 4.79 Å². The lowest BCUT2D eigenvalue weighted by molar-refractivity contribution is 0.0526. The molecule has 0 radical (unpaired) electrons. The van der Waals surface area contributed by atoms with Crippen molar-refractivity contribution < 1.29 is 14.3 Å². The van der Waals surface area contributed by atoms with E-state index in [0.29, 0.717) is 30.2 Å². The molecular formula is C14H19NO3. The highest BCUT2D eigenvalue weighted by Gasteiger charge is 2.20. The number of carbonyl (C=O) groups is 1. The summed E-state index contributed by atoms with van der Waals surface area (Å²) in [5, 5.41) is 0. The molecule has 0 bridgehead atoms. The minimum atomic E-state index is -0.353. The van der Waals surface area contributed by atoms with E-state index in [1.807, 2.05) is 0 Å². The van der Waals surface area contributed by atoms with E-state index in [1.165, 1.54) is 12.8 Å². The summed E-state index contributed by atoms with van der Waals surface area (Å²) in [6.45, 7) is 2.82. The van der Waals surface area contributed by atoms with Crippen LogP contribution in [0.4, 0.5) is 5.69 Å². The highest BCUT2D eigenvalue weighted by Crippen LogP contribution is 2.32. The molecule has 4 heteroatoms. The molecule has 2 rings (SSSR count). The predicted octanol–water partition coefficient (Wildman–Crippen LogP) is 2.62. The van der Waals surface area contributed by atoms with Crippen LogP contribution in [0.2, 0.25) is 0 Å². The van der Waals surface area contributed by atoms with Crippen LogP contribution in [-0.4, -0.2) is 19.2 Å². The van der Waals surface area contributed by atoms with Crippen LogP contribution < -0.4 is 10.5 Å². The van der Waals surface area contributed by atoms with Crippen molar-refractivity contribution in [3.8, 4) is 5.75 Å². The second-order valence-corrected chi connectivity index (χ2v) is 4.55. The number of hydrogen-bond donors (Lipinski definition) is 1. The molecule has 0 heterocycles. The first-order valence-corrected chi connectivity index (χ1v) is 6.40. The molecule has 0 amide bonds. The van der Waals surface area contributed by atoms with Crippen molar-refractivity contribution in [3.63, 3.8) is 0 Å². The van der Waals surface area contributed by atoms with Gasteiger partial charge in [0.1, 0.15) is 5.75 Å². The van der Waals surface area contributed by atoms with Gasteiger partial charge in [0, 0.05) is 0 Å². The smallest absolute Gasteiger partial charge is 0.338 e. The number of hydrogen-bond acceptors (Lipinski definition) is 4. The van der Waals surface area contributed by atoms with Gasteiger partial charge in [0.25, 0.3) is 0 Å². The van der Waals surface area contributed by atoms with Gasteiger partial charge in [-0.1, -0.05) is 12.8 Å². The molecule has 1 fully saturated rings. The van der Waals surface area contributed by atoms with Gasteiger partial charge in [-0.15, -0.1) is 0 Å². The van der Waals surface area contributed by atoms with Crippen LogP contribution in [0.15, 0.2) is 18.2 Å². The summed E-state index contributed by atoms with van der Waals surface area (Å²) < 4.78 is 10.5. The van der Waals surface area contributed by atoms with Crippen molar-refractivity contribution in [2.45, 2.75) is 26.2 Å². The summed E-state index contributed by atoms with van der Waals surface area (Å²) >= 11 is 0. The zero-order chi connectivity index (χ0) is 13.0. The number of benzene rings is 1. The van der Waals surface area contributed by atoms with E-state index < -0.39 is 0 Å². The fourth-order valence-electron chi connectivity index (χ4n) is 1.76. The maximum atomic E-state index is 11.5. The van der Waals surface area contributed by atoms with Crippen LogP contribution >= 0.6 is 0 Å². The number of nitrogen functional groups attached to an aromatic ring is 1. The topological polar surface area (TPSA) is 61.5 Å². The number of nitrogens with two attached hydrogens (primary N) is 1. The van der Waals surface area contributed by atoms with Gasteiger partial charge in [0.05, 0.1) is 24.5 Å². The highest BCUT2D eigenvalue weighted by atomic mass is 16.5. The molecule has 0 aromatic heterocycles. The van der Waals surface area contributed by atoms with Crippen LogP contribution in [0.25, 0.3) is 0 Å². The Balaban J connectivity index is 1.93. The van der Waals surface area contributed by atoms with Gasteiger partial charge in [-0.25, -0.2) is 4.79 Å². The molecule has 1 aliphatic rings. The Bertz CT molecular complexity index is 427. The zero-order valence-corrected chi connectivity index (χ0v) is 10.6. The standard InChI is InChI=1S/C14H19NO3/c1-2-17-14(16)11-5-6-13(12(15)9-11)18-8-7-10-3-4-10/h5-6,9-10H,2-4,7-8,15H2,1H3. The summed E-state index contributed by atoms with van der Waals surface area (Å²) in [6.07, 6.45) is 3.72. The maximum absolute atomic E-state index is 11.5. The van der Waals surface area contributed by atoms with Crippen molar-refractivity contribution in [1.29, 1.82) is 0 Å². The Hall–Kier alpha value is -1.71. The third-order valence-electron chi connectivity index (χ3n) is 3.00. The van der Waals surface area contributed by atoms with E-state index in [2.05, 4.69) is 0 Å². The molecule has 4 nitrogen and oxygen atoms in total. The second-order valence-electron chi connectivity index (χ2n) is 4.55. The third-order valence-corrected chi connectivity index (χ3v) is 3.00. The van der Waals surface area contributed by atoms with Gasteiger partial charge in [-0.05, 0) is 37.5 Å². The van der Waals surface area contributed by atoms with Gasteiger partial charge in [-0.2, -0.15) is 0 Å². The normalized spacial score (nSPS) is 14.3. The molecule has 0 atom stereocenters. The quantitative estimate of drug-likeness (QED) is 0.622. The molecule has 1 aromatic rings. The molecule has 1 saturated carbocycles. The van der Waals surface area contributed by atoms with Crippen molar-refractivity contribution >= 4 is 11.7 Å². The van der Waals surface area contributed by atoms with Crippen LogP contribution in [0.1, 0.15) is 36.5 Å². The summed E-state index contributed by atoms with van der Waals surface area (Å²) in [5.74, 6) is 1.13. The Kier molecular flexibility index (Phi) is 4.07. The molecule has 1 aromatic carbocycles. The largest absolute Gasteiger partial charge is 0.491 e. The van der Waals surface area contributed by atoms with Crippen LogP contribution in [0.3, 0.4) is 0 Å². The molecule has 0 saturated heterocycles. The van der Waals surface area contributed by atoms with Crippen LogP contribution in [0, 0.1) is 5.92 Å². The number of ether oxygens (including phenoxy) is 2. The molecule has 1 aliphatic carbocycles. The maximum Gasteiger partial charge on any atom is 0.338 e. The molecule has 0 spiro atoms. The van der Waals surface area contributed by atoms with E-state index in [4.69, 9.17) is 15.2 Å². The number of esters is 1. The van der Waals surface area contributed by atoms with Crippen molar-refractivity contribution in [2.75, 3.05) is 18.9 Å². The van der Waals surface area contributed by atoms with E-state index in [1.54, 1.807) is 25.1 Å². The van der Waals surface area contributed by atoms with Crippen LogP contribution in [0.5, 0.6) is 5.75 Å². The molecule has 2 N–H and O–H groups in total. The van der Waals surface area contributed by atoms with Gasteiger partial charge in [0.15, 0.2) is 0 Å². The molecular weight excluding hydrogens is 230 g/mol. The lowest BCUT2D eigenvalue weighted by Crippen LogP contribution is -2.06. The highest BCUT2D eigenvalue weighted by molar-refractivity contribution is 5.91. The second kappa shape index (κ2) is 5.76. The summed E-state index contributed by atoms with van der Waals surface area (Å²) in [4.78, 5) is 11.5. The van der Waals surface area contributed by atoms with Crippen molar-refractivity contribution in [2.24, 2.45) is 5.92 Å². The lowest BCUT2D eigenvalue weighted by atomic mass is 10.2.